The average Bonchev–Trinajstić information content (AvgIpc) is 1.88. The van der Waals surface area contributed by atoms with Crippen LogP contribution in [0.5, 0.6) is 0 Å². The normalized spacial score (nSPS) is 14.4. The molecule has 0 heterocycles. The molecule has 0 aromatic carbocycles. The SMILES string of the molecule is C/C=C(\SC)C(C)OC(C)=O. The molecule has 0 aliphatic heterocycles. The molecule has 0 saturated heterocycles. The lowest BCUT2D eigenvalue weighted by Gasteiger charge is -2.12. The van der Waals surface area contributed by atoms with Crippen LogP contribution in [0.3, 0.4) is 0 Å². The third-order valence-corrected chi connectivity index (χ3v) is 2.30. The molecule has 0 radical (unpaired) electrons. The van der Waals surface area contributed by atoms with E-state index < -0.39 is 0 Å². The summed E-state index contributed by atoms with van der Waals surface area (Å²) in [5, 5.41) is 0. The number of hydrogen-bond donors (Lipinski definition) is 0. The zero-order valence-electron chi connectivity index (χ0n) is 7.38. The largest absolute Gasteiger partial charge is 0.457 e. The maximum Gasteiger partial charge on any atom is 0.303 e. The van der Waals surface area contributed by atoms with Crippen molar-refractivity contribution in [3.63, 3.8) is 0 Å². The van der Waals surface area contributed by atoms with Gasteiger partial charge in [0.2, 0.25) is 0 Å². The van der Waals surface area contributed by atoms with E-state index in [2.05, 4.69) is 0 Å². The number of ether oxygens (including phenoxy) is 1. The second kappa shape index (κ2) is 5.24. The van der Waals surface area contributed by atoms with Crippen molar-refractivity contribution in [1.82, 2.24) is 0 Å². The van der Waals surface area contributed by atoms with Crippen molar-refractivity contribution in [3.8, 4) is 0 Å². The minimum atomic E-state index is -0.231. The molecule has 3 heteroatoms. The lowest BCUT2D eigenvalue weighted by atomic mass is 10.3. The number of allylic oxidation sites excluding steroid dienone is 1. The van der Waals surface area contributed by atoms with Gasteiger partial charge in [-0.3, -0.25) is 4.79 Å². The van der Waals surface area contributed by atoms with E-state index in [0.29, 0.717) is 0 Å². The quantitative estimate of drug-likeness (QED) is 0.614. The van der Waals surface area contributed by atoms with Crippen LogP contribution in [-0.2, 0) is 9.53 Å². The van der Waals surface area contributed by atoms with E-state index in [1.54, 1.807) is 11.8 Å². The van der Waals surface area contributed by atoms with Crippen LogP contribution < -0.4 is 0 Å². The molecule has 0 saturated carbocycles. The van der Waals surface area contributed by atoms with Crippen molar-refractivity contribution in [2.75, 3.05) is 6.26 Å². The van der Waals surface area contributed by atoms with Gasteiger partial charge in [-0.1, -0.05) is 6.08 Å². The highest BCUT2D eigenvalue weighted by Gasteiger charge is 2.08. The van der Waals surface area contributed by atoms with Crippen LogP contribution in [0.15, 0.2) is 11.0 Å². The Labute approximate surface area is 72.0 Å². The Morgan fingerprint density at radius 3 is 2.45 bits per heavy atom. The number of carbonyl (C=O) groups is 1. The van der Waals surface area contributed by atoms with Gasteiger partial charge in [-0.05, 0) is 20.1 Å². The van der Waals surface area contributed by atoms with Crippen molar-refractivity contribution in [3.05, 3.63) is 11.0 Å². The summed E-state index contributed by atoms with van der Waals surface area (Å²) in [5.41, 5.74) is 0. The highest BCUT2D eigenvalue weighted by molar-refractivity contribution is 8.02. The van der Waals surface area contributed by atoms with Gasteiger partial charge < -0.3 is 4.74 Å². The molecule has 0 aliphatic carbocycles. The molecule has 0 aromatic rings. The summed E-state index contributed by atoms with van der Waals surface area (Å²) in [4.78, 5) is 11.6. The van der Waals surface area contributed by atoms with E-state index in [0.717, 1.165) is 4.91 Å². The van der Waals surface area contributed by atoms with Crippen LogP contribution in [-0.4, -0.2) is 18.3 Å². The van der Waals surface area contributed by atoms with E-state index in [4.69, 9.17) is 4.74 Å². The van der Waals surface area contributed by atoms with Gasteiger partial charge in [-0.25, -0.2) is 0 Å². The van der Waals surface area contributed by atoms with Gasteiger partial charge >= 0.3 is 5.97 Å². The fourth-order valence-corrected chi connectivity index (χ4v) is 1.44. The summed E-state index contributed by atoms with van der Waals surface area (Å²) >= 11 is 1.60. The number of esters is 1. The second-order valence-corrected chi connectivity index (χ2v) is 3.03. The lowest BCUT2D eigenvalue weighted by molar-refractivity contribution is -0.143. The topological polar surface area (TPSA) is 26.3 Å². The number of hydrogen-bond acceptors (Lipinski definition) is 3. The molecule has 0 aromatic heterocycles. The van der Waals surface area contributed by atoms with E-state index in [1.165, 1.54) is 6.92 Å². The zero-order valence-corrected chi connectivity index (χ0v) is 8.20. The number of thioether (sulfide) groups is 1. The van der Waals surface area contributed by atoms with Gasteiger partial charge in [0.25, 0.3) is 0 Å². The highest BCUT2D eigenvalue weighted by Crippen LogP contribution is 2.18. The third kappa shape index (κ3) is 4.09. The molecule has 0 aliphatic rings. The van der Waals surface area contributed by atoms with Crippen LogP contribution in [0.2, 0.25) is 0 Å². The van der Waals surface area contributed by atoms with E-state index in [1.807, 2.05) is 26.2 Å². The van der Waals surface area contributed by atoms with Gasteiger partial charge in [0.15, 0.2) is 0 Å². The van der Waals surface area contributed by atoms with Crippen LogP contribution in [0, 0.1) is 0 Å². The monoisotopic (exact) mass is 174 g/mol. The molecule has 0 rings (SSSR count). The Morgan fingerprint density at radius 1 is 1.64 bits per heavy atom. The minimum Gasteiger partial charge on any atom is -0.457 e. The molecule has 0 fully saturated rings. The average molecular weight is 174 g/mol. The summed E-state index contributed by atoms with van der Waals surface area (Å²) in [5.74, 6) is -0.231. The first-order chi connectivity index (χ1) is 5.11. The first-order valence-electron chi connectivity index (χ1n) is 3.49. The third-order valence-electron chi connectivity index (χ3n) is 1.26. The molecule has 11 heavy (non-hydrogen) atoms. The molecule has 0 bridgehead atoms. The van der Waals surface area contributed by atoms with Gasteiger partial charge in [0.05, 0.1) is 0 Å². The number of rotatable bonds is 3. The van der Waals surface area contributed by atoms with E-state index in [9.17, 15) is 4.79 Å². The van der Waals surface area contributed by atoms with Crippen LogP contribution in [0.25, 0.3) is 0 Å². The molecule has 0 N–H and O–H groups in total. The standard InChI is InChI=1S/C8H14O2S/c1-5-8(11-4)6(2)10-7(3)9/h5-6H,1-4H3/b8-5-. The van der Waals surface area contributed by atoms with Gasteiger partial charge in [-0.15, -0.1) is 11.8 Å². The smallest absolute Gasteiger partial charge is 0.303 e. The first kappa shape index (κ1) is 10.6. The first-order valence-corrected chi connectivity index (χ1v) is 4.71. The molecule has 0 amide bonds. The molecule has 1 unspecified atom stereocenters. The van der Waals surface area contributed by atoms with Crippen molar-refractivity contribution in [2.24, 2.45) is 0 Å². The Bertz CT molecular complexity index is 163. The molecular formula is C8H14O2S. The van der Waals surface area contributed by atoms with E-state index in [-0.39, 0.29) is 12.1 Å². The van der Waals surface area contributed by atoms with Crippen LogP contribution in [0.4, 0.5) is 0 Å². The summed E-state index contributed by atoms with van der Waals surface area (Å²) in [7, 11) is 0. The van der Waals surface area contributed by atoms with Gasteiger partial charge in [0, 0.05) is 11.8 Å². The van der Waals surface area contributed by atoms with Crippen LogP contribution >= 0.6 is 11.8 Å². The fourth-order valence-electron chi connectivity index (χ4n) is 0.826. The second-order valence-electron chi connectivity index (χ2n) is 2.15. The predicted octanol–water partition coefficient (Wildman–Crippen LogP) is 2.20. The summed E-state index contributed by atoms with van der Waals surface area (Å²) in [6.07, 6.45) is 3.82. The van der Waals surface area contributed by atoms with Crippen molar-refractivity contribution in [2.45, 2.75) is 26.9 Å². The molecule has 0 spiro atoms. The van der Waals surface area contributed by atoms with Crippen LogP contribution in [0.1, 0.15) is 20.8 Å². The van der Waals surface area contributed by atoms with Crippen molar-refractivity contribution in [1.29, 1.82) is 0 Å². The molecule has 64 valence electrons. The predicted molar refractivity (Wildman–Crippen MR) is 48.5 cm³/mol. The molecule has 2 nitrogen and oxygen atoms in total. The maximum atomic E-state index is 10.5. The summed E-state index contributed by atoms with van der Waals surface area (Å²) in [6.45, 7) is 5.23. The molecule has 1 atom stereocenters. The Kier molecular flexibility index (Phi) is 5.03. The van der Waals surface area contributed by atoms with E-state index >= 15 is 0 Å². The summed E-state index contributed by atoms with van der Waals surface area (Å²) in [6, 6.07) is 0. The van der Waals surface area contributed by atoms with Gasteiger partial charge in [-0.2, -0.15) is 0 Å². The fraction of sp³-hybridized carbons (Fsp3) is 0.625. The highest BCUT2D eigenvalue weighted by atomic mass is 32.2. The van der Waals surface area contributed by atoms with Crippen molar-refractivity contribution < 1.29 is 9.53 Å². The zero-order chi connectivity index (χ0) is 8.85. The Balaban J connectivity index is 4.00. The maximum absolute atomic E-state index is 10.5. The Morgan fingerprint density at radius 2 is 2.18 bits per heavy atom. The summed E-state index contributed by atoms with van der Waals surface area (Å²) < 4.78 is 4.97. The molecular weight excluding hydrogens is 160 g/mol. The lowest BCUT2D eigenvalue weighted by Crippen LogP contribution is -2.12. The minimum absolute atomic E-state index is 0.104. The van der Waals surface area contributed by atoms with Crippen molar-refractivity contribution >= 4 is 17.7 Å². The van der Waals surface area contributed by atoms with Gasteiger partial charge in [0.1, 0.15) is 6.10 Å². The Hall–Kier alpha value is -0.440. The number of carbonyl (C=O) groups excluding carboxylic acids is 1.